The highest BCUT2D eigenvalue weighted by Gasteiger charge is 2.27. The molecule has 0 radical (unpaired) electrons. The van der Waals surface area contributed by atoms with E-state index in [1.165, 1.54) is 0 Å². The van der Waals surface area contributed by atoms with Crippen LogP contribution >= 0.6 is 0 Å². The Morgan fingerprint density at radius 2 is 2.21 bits per heavy atom. The predicted octanol–water partition coefficient (Wildman–Crippen LogP) is 2.27. The van der Waals surface area contributed by atoms with E-state index < -0.39 is 0 Å². The first-order valence-electron chi connectivity index (χ1n) is 6.80. The van der Waals surface area contributed by atoms with E-state index in [4.69, 9.17) is 4.74 Å². The van der Waals surface area contributed by atoms with Gasteiger partial charge in [-0.3, -0.25) is 0 Å². The average Bonchev–Trinajstić information content (AvgIpc) is 2.82. The van der Waals surface area contributed by atoms with Crippen LogP contribution in [0.4, 0.5) is 5.95 Å². The van der Waals surface area contributed by atoms with E-state index in [2.05, 4.69) is 22.3 Å². The number of aromatic nitrogens is 3. The largest absolute Gasteiger partial charge is 0.381 e. The molecule has 0 aliphatic carbocycles. The van der Waals surface area contributed by atoms with Crippen LogP contribution in [0, 0.1) is 12.3 Å². The molecule has 0 spiro atoms. The Hall–Kier alpha value is -1.62. The summed E-state index contributed by atoms with van der Waals surface area (Å²) >= 11 is 0. The standard InChI is InChI=1S/C14H20N4O/c1-11-4-3-7-18-12(11)16-13(17-18)15-10-14(2)5-8-19-9-6-14/h3-4,7H,5-6,8-10H2,1-2H3,(H,15,17). The number of rotatable bonds is 3. The zero-order valence-corrected chi connectivity index (χ0v) is 11.5. The van der Waals surface area contributed by atoms with Crippen molar-refractivity contribution in [2.75, 3.05) is 25.1 Å². The highest BCUT2D eigenvalue weighted by atomic mass is 16.5. The molecule has 0 unspecified atom stereocenters. The summed E-state index contributed by atoms with van der Waals surface area (Å²) in [5, 5.41) is 7.83. The minimum Gasteiger partial charge on any atom is -0.381 e. The Labute approximate surface area is 113 Å². The number of fused-ring (bicyclic) bond motifs is 1. The van der Waals surface area contributed by atoms with Crippen LogP contribution in [-0.4, -0.2) is 34.4 Å². The van der Waals surface area contributed by atoms with Crippen LogP contribution in [0.1, 0.15) is 25.3 Å². The first-order chi connectivity index (χ1) is 9.16. The molecule has 3 rings (SSSR count). The van der Waals surface area contributed by atoms with Gasteiger partial charge < -0.3 is 10.1 Å². The molecule has 1 aliphatic rings. The zero-order chi connectivity index (χ0) is 13.3. The first-order valence-corrected chi connectivity index (χ1v) is 6.80. The second-order valence-electron chi connectivity index (χ2n) is 5.67. The topological polar surface area (TPSA) is 51.5 Å². The van der Waals surface area contributed by atoms with Crippen LogP contribution in [0.5, 0.6) is 0 Å². The third kappa shape index (κ3) is 2.56. The van der Waals surface area contributed by atoms with Gasteiger partial charge in [0.05, 0.1) is 0 Å². The van der Waals surface area contributed by atoms with Gasteiger partial charge in [-0.25, -0.2) is 4.52 Å². The number of pyridine rings is 1. The molecule has 0 atom stereocenters. The zero-order valence-electron chi connectivity index (χ0n) is 11.5. The van der Waals surface area contributed by atoms with E-state index in [-0.39, 0.29) is 5.41 Å². The minimum atomic E-state index is 0.283. The third-order valence-electron chi connectivity index (χ3n) is 3.93. The maximum absolute atomic E-state index is 5.42. The Kier molecular flexibility index (Phi) is 3.14. The van der Waals surface area contributed by atoms with Gasteiger partial charge in [-0.05, 0) is 36.8 Å². The van der Waals surface area contributed by atoms with E-state index in [9.17, 15) is 0 Å². The van der Waals surface area contributed by atoms with Crippen molar-refractivity contribution in [3.8, 4) is 0 Å². The van der Waals surface area contributed by atoms with Gasteiger partial charge in [0.1, 0.15) is 0 Å². The molecular formula is C14H20N4O. The van der Waals surface area contributed by atoms with Crippen LogP contribution in [0.3, 0.4) is 0 Å². The molecule has 0 bridgehead atoms. The van der Waals surface area contributed by atoms with E-state index >= 15 is 0 Å². The molecule has 0 saturated carbocycles. The molecule has 5 heteroatoms. The van der Waals surface area contributed by atoms with Crippen molar-refractivity contribution in [3.63, 3.8) is 0 Å². The van der Waals surface area contributed by atoms with E-state index in [1.54, 1.807) is 0 Å². The van der Waals surface area contributed by atoms with Gasteiger partial charge in [-0.15, -0.1) is 5.10 Å². The molecule has 5 nitrogen and oxygen atoms in total. The molecule has 2 aromatic rings. The van der Waals surface area contributed by atoms with Crippen LogP contribution in [-0.2, 0) is 4.74 Å². The molecule has 0 amide bonds. The first kappa shape index (κ1) is 12.4. The number of hydrogen-bond acceptors (Lipinski definition) is 4. The summed E-state index contributed by atoms with van der Waals surface area (Å²) in [5.41, 5.74) is 2.34. The van der Waals surface area contributed by atoms with Gasteiger partial charge in [0.15, 0.2) is 5.65 Å². The summed E-state index contributed by atoms with van der Waals surface area (Å²) in [5.74, 6) is 0.710. The smallest absolute Gasteiger partial charge is 0.243 e. The van der Waals surface area contributed by atoms with Gasteiger partial charge in [-0.2, -0.15) is 4.98 Å². The van der Waals surface area contributed by atoms with Crippen molar-refractivity contribution in [3.05, 3.63) is 23.9 Å². The second kappa shape index (κ2) is 4.81. The molecule has 1 aliphatic heterocycles. The van der Waals surface area contributed by atoms with Crippen molar-refractivity contribution in [1.82, 2.24) is 14.6 Å². The second-order valence-corrected chi connectivity index (χ2v) is 5.67. The SMILES string of the molecule is Cc1cccn2nc(NCC3(C)CCOCC3)nc12. The lowest BCUT2D eigenvalue weighted by Gasteiger charge is -2.33. The van der Waals surface area contributed by atoms with Crippen molar-refractivity contribution < 1.29 is 4.74 Å². The summed E-state index contributed by atoms with van der Waals surface area (Å²) in [6.45, 7) is 6.95. The van der Waals surface area contributed by atoms with Crippen molar-refractivity contribution in [2.45, 2.75) is 26.7 Å². The number of hydrogen-bond donors (Lipinski definition) is 1. The van der Waals surface area contributed by atoms with Crippen LogP contribution < -0.4 is 5.32 Å². The Balaban J connectivity index is 1.73. The lowest BCUT2D eigenvalue weighted by molar-refractivity contribution is 0.0299. The highest BCUT2D eigenvalue weighted by Crippen LogP contribution is 2.29. The quantitative estimate of drug-likeness (QED) is 0.919. The van der Waals surface area contributed by atoms with Gasteiger partial charge in [-0.1, -0.05) is 13.0 Å². The molecule has 102 valence electrons. The summed E-state index contributed by atoms with van der Waals surface area (Å²) in [7, 11) is 0. The number of nitrogens with one attached hydrogen (secondary N) is 1. The predicted molar refractivity (Wildman–Crippen MR) is 74.4 cm³/mol. The van der Waals surface area contributed by atoms with Crippen molar-refractivity contribution in [2.24, 2.45) is 5.41 Å². The molecule has 0 aromatic carbocycles. The molecule has 3 heterocycles. The monoisotopic (exact) mass is 260 g/mol. The summed E-state index contributed by atoms with van der Waals surface area (Å²) in [6.07, 6.45) is 4.11. The number of aryl methyl sites for hydroxylation is 1. The fourth-order valence-electron chi connectivity index (χ4n) is 2.45. The summed E-state index contributed by atoms with van der Waals surface area (Å²) in [4.78, 5) is 4.54. The highest BCUT2D eigenvalue weighted by molar-refractivity contribution is 5.49. The van der Waals surface area contributed by atoms with Gasteiger partial charge in [0.25, 0.3) is 0 Å². The molecule has 1 fully saturated rings. The van der Waals surface area contributed by atoms with Crippen LogP contribution in [0.2, 0.25) is 0 Å². The number of ether oxygens (including phenoxy) is 1. The third-order valence-corrected chi connectivity index (χ3v) is 3.93. The maximum Gasteiger partial charge on any atom is 0.243 e. The fraction of sp³-hybridized carbons (Fsp3) is 0.571. The average molecular weight is 260 g/mol. The fourth-order valence-corrected chi connectivity index (χ4v) is 2.45. The van der Waals surface area contributed by atoms with Crippen LogP contribution in [0.15, 0.2) is 18.3 Å². The van der Waals surface area contributed by atoms with Gasteiger partial charge >= 0.3 is 0 Å². The van der Waals surface area contributed by atoms with Gasteiger partial charge in [0.2, 0.25) is 5.95 Å². The van der Waals surface area contributed by atoms with E-state index in [0.717, 1.165) is 43.8 Å². The lowest BCUT2D eigenvalue weighted by Crippen LogP contribution is -2.33. The normalized spacial score (nSPS) is 18.6. The summed E-state index contributed by atoms with van der Waals surface area (Å²) < 4.78 is 7.24. The Morgan fingerprint density at radius 1 is 1.42 bits per heavy atom. The molecule has 2 aromatic heterocycles. The molecule has 19 heavy (non-hydrogen) atoms. The van der Waals surface area contributed by atoms with E-state index in [0.29, 0.717) is 5.95 Å². The minimum absolute atomic E-state index is 0.283. The molecule has 1 saturated heterocycles. The van der Waals surface area contributed by atoms with Crippen LogP contribution in [0.25, 0.3) is 5.65 Å². The maximum atomic E-state index is 5.42. The number of nitrogens with zero attached hydrogens (tertiary/aromatic N) is 3. The van der Waals surface area contributed by atoms with Crippen molar-refractivity contribution in [1.29, 1.82) is 0 Å². The molecule has 1 N–H and O–H groups in total. The van der Waals surface area contributed by atoms with Gasteiger partial charge in [0, 0.05) is 26.0 Å². The van der Waals surface area contributed by atoms with E-state index in [1.807, 2.05) is 29.8 Å². The number of anilines is 1. The lowest BCUT2D eigenvalue weighted by atomic mass is 9.82. The Morgan fingerprint density at radius 3 is 2.95 bits per heavy atom. The molecular weight excluding hydrogens is 240 g/mol. The summed E-state index contributed by atoms with van der Waals surface area (Å²) in [6, 6.07) is 4.04. The van der Waals surface area contributed by atoms with Crippen molar-refractivity contribution >= 4 is 11.6 Å². The Bertz CT molecular complexity index is 572.